The van der Waals surface area contributed by atoms with Crippen molar-refractivity contribution in [3.63, 3.8) is 0 Å². The molecule has 0 heterocycles. The molecule has 1 amide bonds. The Hall–Kier alpha value is -0.780. The maximum atomic E-state index is 13.3. The van der Waals surface area contributed by atoms with Crippen LogP contribution in [0.25, 0.3) is 0 Å². The van der Waals surface area contributed by atoms with Crippen LogP contribution in [0.15, 0.2) is 23.1 Å². The van der Waals surface area contributed by atoms with Gasteiger partial charge in [-0.2, -0.15) is 0 Å². The third-order valence-electron chi connectivity index (χ3n) is 4.27. The Labute approximate surface area is 142 Å². The van der Waals surface area contributed by atoms with Gasteiger partial charge < -0.3 is 11.1 Å². The van der Waals surface area contributed by atoms with Crippen LogP contribution in [-0.2, 0) is 11.3 Å². The molecule has 6 heteroatoms. The molecular weight excluding hydrogens is 323 g/mol. The molecule has 3 nitrogen and oxygen atoms in total. The zero-order valence-corrected chi connectivity index (χ0v) is 14.7. The molecule has 1 aliphatic rings. The molecule has 124 valence electrons. The lowest BCUT2D eigenvalue weighted by molar-refractivity contribution is -0.128. The number of carbonyl (C=O) groups excluding carboxylic acids is 1. The summed E-state index contributed by atoms with van der Waals surface area (Å²) >= 11 is 1.55. The van der Waals surface area contributed by atoms with Crippen LogP contribution in [0.1, 0.15) is 38.2 Å². The third-order valence-corrected chi connectivity index (χ3v) is 5.10. The van der Waals surface area contributed by atoms with Gasteiger partial charge in [0.05, 0.1) is 5.92 Å². The summed E-state index contributed by atoms with van der Waals surface area (Å²) in [6.07, 6.45) is 5.77. The fraction of sp³-hybridized carbons (Fsp3) is 0.562. The summed E-state index contributed by atoms with van der Waals surface area (Å²) in [6.45, 7) is 2.30. The Balaban J connectivity index is 0.00000242. The van der Waals surface area contributed by atoms with Crippen molar-refractivity contribution in [1.29, 1.82) is 0 Å². The minimum atomic E-state index is -0.438. The lowest BCUT2D eigenvalue weighted by Gasteiger charge is -2.37. The fourth-order valence-corrected chi connectivity index (χ4v) is 3.58. The molecule has 0 saturated heterocycles. The number of halogens is 2. The SMILES string of the molecule is CSc1ccc(F)cc1CNC(=O)C1CCCCC1(C)N.Cl. The Bertz CT molecular complexity index is 525. The first-order valence-electron chi connectivity index (χ1n) is 7.33. The summed E-state index contributed by atoms with van der Waals surface area (Å²) in [4.78, 5) is 13.4. The van der Waals surface area contributed by atoms with E-state index in [1.807, 2.05) is 13.2 Å². The average Bonchev–Trinajstić information content (AvgIpc) is 2.44. The molecule has 1 aromatic carbocycles. The van der Waals surface area contributed by atoms with Crippen molar-refractivity contribution in [2.75, 3.05) is 6.26 Å². The molecule has 0 radical (unpaired) electrons. The molecule has 0 aliphatic heterocycles. The monoisotopic (exact) mass is 346 g/mol. The van der Waals surface area contributed by atoms with E-state index in [2.05, 4.69) is 5.32 Å². The summed E-state index contributed by atoms with van der Waals surface area (Å²) in [5, 5.41) is 2.93. The normalized spacial score (nSPS) is 24.5. The van der Waals surface area contributed by atoms with E-state index in [9.17, 15) is 9.18 Å². The molecule has 1 fully saturated rings. The van der Waals surface area contributed by atoms with Gasteiger partial charge in [0.2, 0.25) is 5.91 Å². The van der Waals surface area contributed by atoms with E-state index < -0.39 is 5.54 Å². The Kier molecular flexibility index (Phi) is 7.16. The van der Waals surface area contributed by atoms with E-state index in [4.69, 9.17) is 5.73 Å². The highest BCUT2D eigenvalue weighted by molar-refractivity contribution is 7.98. The maximum Gasteiger partial charge on any atom is 0.225 e. The van der Waals surface area contributed by atoms with Gasteiger partial charge in [0.1, 0.15) is 5.82 Å². The quantitative estimate of drug-likeness (QED) is 0.820. The highest BCUT2D eigenvalue weighted by Gasteiger charge is 2.37. The Morgan fingerprint density at radius 3 is 2.86 bits per heavy atom. The van der Waals surface area contributed by atoms with Gasteiger partial charge in [-0.25, -0.2) is 4.39 Å². The second-order valence-electron chi connectivity index (χ2n) is 5.98. The first-order valence-corrected chi connectivity index (χ1v) is 8.55. The zero-order valence-electron chi connectivity index (χ0n) is 13.0. The zero-order chi connectivity index (χ0) is 15.5. The molecule has 2 unspecified atom stereocenters. The van der Waals surface area contributed by atoms with Crippen molar-refractivity contribution in [1.82, 2.24) is 5.32 Å². The fourth-order valence-electron chi connectivity index (χ4n) is 2.98. The molecule has 0 bridgehead atoms. The van der Waals surface area contributed by atoms with Gasteiger partial charge in [-0.1, -0.05) is 12.8 Å². The lowest BCUT2D eigenvalue weighted by Crippen LogP contribution is -2.52. The summed E-state index contributed by atoms with van der Waals surface area (Å²) < 4.78 is 13.3. The number of thioether (sulfide) groups is 1. The lowest BCUT2D eigenvalue weighted by atomic mass is 9.74. The molecule has 0 aromatic heterocycles. The molecule has 1 aliphatic carbocycles. The topological polar surface area (TPSA) is 55.1 Å². The van der Waals surface area contributed by atoms with E-state index in [1.54, 1.807) is 17.8 Å². The van der Waals surface area contributed by atoms with Crippen LogP contribution in [0, 0.1) is 11.7 Å². The Morgan fingerprint density at radius 2 is 2.23 bits per heavy atom. The molecule has 2 rings (SSSR count). The minimum absolute atomic E-state index is 0. The van der Waals surface area contributed by atoms with E-state index in [-0.39, 0.29) is 30.0 Å². The van der Waals surface area contributed by atoms with E-state index >= 15 is 0 Å². The molecule has 2 atom stereocenters. The van der Waals surface area contributed by atoms with Crippen LogP contribution in [0.2, 0.25) is 0 Å². The predicted molar refractivity (Wildman–Crippen MR) is 91.8 cm³/mol. The predicted octanol–water partition coefficient (Wildman–Crippen LogP) is 3.49. The van der Waals surface area contributed by atoms with Crippen LogP contribution in [0.4, 0.5) is 4.39 Å². The number of hydrogen-bond donors (Lipinski definition) is 2. The molecule has 3 N–H and O–H groups in total. The second-order valence-corrected chi connectivity index (χ2v) is 6.83. The summed E-state index contributed by atoms with van der Waals surface area (Å²) in [7, 11) is 0. The van der Waals surface area contributed by atoms with Crippen LogP contribution in [0.3, 0.4) is 0 Å². The van der Waals surface area contributed by atoms with Crippen LogP contribution in [-0.4, -0.2) is 17.7 Å². The molecular formula is C16H24ClFN2OS. The van der Waals surface area contributed by atoms with Gasteiger partial charge in [0.25, 0.3) is 0 Å². The average molecular weight is 347 g/mol. The number of nitrogens with one attached hydrogen (secondary N) is 1. The first kappa shape index (κ1) is 19.3. The minimum Gasteiger partial charge on any atom is -0.352 e. The summed E-state index contributed by atoms with van der Waals surface area (Å²) in [5.41, 5.74) is 6.62. The van der Waals surface area contributed by atoms with E-state index in [0.29, 0.717) is 6.54 Å². The van der Waals surface area contributed by atoms with Gasteiger partial charge in [-0.3, -0.25) is 4.79 Å². The highest BCUT2D eigenvalue weighted by atomic mass is 35.5. The second kappa shape index (κ2) is 8.18. The smallest absolute Gasteiger partial charge is 0.225 e. The molecule has 22 heavy (non-hydrogen) atoms. The van der Waals surface area contributed by atoms with Crippen LogP contribution >= 0.6 is 24.2 Å². The van der Waals surface area contributed by atoms with Gasteiger partial charge in [0, 0.05) is 17.0 Å². The standard InChI is InChI=1S/C16H23FN2OS.ClH/c1-16(18)8-4-3-5-13(16)15(20)19-10-11-9-12(17)6-7-14(11)21-2;/h6-7,9,13H,3-5,8,10,18H2,1-2H3,(H,19,20);1H. The van der Waals surface area contributed by atoms with Gasteiger partial charge in [0.15, 0.2) is 0 Å². The largest absolute Gasteiger partial charge is 0.352 e. The van der Waals surface area contributed by atoms with Crippen molar-refractivity contribution in [3.8, 4) is 0 Å². The number of hydrogen-bond acceptors (Lipinski definition) is 3. The Morgan fingerprint density at radius 1 is 1.50 bits per heavy atom. The summed E-state index contributed by atoms with van der Waals surface area (Å²) in [5.74, 6) is -0.452. The number of benzene rings is 1. The van der Waals surface area contributed by atoms with Crippen LogP contribution < -0.4 is 11.1 Å². The number of rotatable bonds is 4. The van der Waals surface area contributed by atoms with E-state index in [0.717, 1.165) is 36.1 Å². The maximum absolute atomic E-state index is 13.3. The van der Waals surface area contributed by atoms with Gasteiger partial charge >= 0.3 is 0 Å². The van der Waals surface area contributed by atoms with Crippen molar-refractivity contribution >= 4 is 30.1 Å². The van der Waals surface area contributed by atoms with Crippen molar-refractivity contribution in [2.45, 2.75) is 49.6 Å². The van der Waals surface area contributed by atoms with Gasteiger partial charge in [-0.05, 0) is 49.8 Å². The van der Waals surface area contributed by atoms with E-state index in [1.165, 1.54) is 12.1 Å². The third kappa shape index (κ3) is 4.61. The molecule has 0 spiro atoms. The van der Waals surface area contributed by atoms with Crippen molar-refractivity contribution in [2.24, 2.45) is 11.7 Å². The summed E-state index contributed by atoms with van der Waals surface area (Å²) in [6, 6.07) is 4.67. The van der Waals surface area contributed by atoms with Crippen molar-refractivity contribution in [3.05, 3.63) is 29.6 Å². The number of carbonyl (C=O) groups is 1. The van der Waals surface area contributed by atoms with Gasteiger partial charge in [-0.15, -0.1) is 24.2 Å². The molecule has 1 aromatic rings. The number of amides is 1. The molecule has 1 saturated carbocycles. The van der Waals surface area contributed by atoms with Crippen LogP contribution in [0.5, 0.6) is 0 Å². The van der Waals surface area contributed by atoms with Crippen molar-refractivity contribution < 1.29 is 9.18 Å². The highest BCUT2D eigenvalue weighted by Crippen LogP contribution is 2.31. The first-order chi connectivity index (χ1) is 9.94. The number of nitrogens with two attached hydrogens (primary N) is 1.